The van der Waals surface area contributed by atoms with E-state index in [2.05, 4.69) is 29.3 Å². The first-order valence-electron chi connectivity index (χ1n) is 13.7. The molecule has 2 aromatic carbocycles. The van der Waals surface area contributed by atoms with Crippen molar-refractivity contribution < 1.29 is 19.2 Å². The number of hydrogen-bond acceptors (Lipinski definition) is 5. The van der Waals surface area contributed by atoms with E-state index in [0.29, 0.717) is 17.2 Å². The molecule has 4 bridgehead atoms. The van der Waals surface area contributed by atoms with Crippen molar-refractivity contribution in [2.24, 2.45) is 47.3 Å². The number of anilines is 2. The second-order valence-corrected chi connectivity index (χ2v) is 11.9. The number of aromatic amines is 1. The topological polar surface area (TPSA) is 103 Å². The first kappa shape index (κ1) is 21.6. The molecule has 4 aliphatic carbocycles. The minimum Gasteiger partial charge on any atom is -0.338 e. The Morgan fingerprint density at radius 3 is 1.59 bits per heavy atom. The SMILES string of the molecule is O=C1[C@@H]2[C@@H](C(=O)N1c1ccc3nc(-c4ccc(N5C(=O)[C@@H]6[C@H](C5=O)[C@H]5C=C[C@H]6C5)cc4)[nH]c3c1)[C@H]1C=C[C@@H]2C1. The van der Waals surface area contributed by atoms with Gasteiger partial charge < -0.3 is 4.98 Å². The summed E-state index contributed by atoms with van der Waals surface area (Å²) >= 11 is 0. The molecule has 8 heteroatoms. The summed E-state index contributed by atoms with van der Waals surface area (Å²) < 4.78 is 0. The van der Waals surface area contributed by atoms with Crippen LogP contribution in [0.4, 0.5) is 11.4 Å². The number of nitrogens with one attached hydrogen (secondary N) is 1. The average Bonchev–Trinajstić information content (AvgIpc) is 3.79. The second-order valence-electron chi connectivity index (χ2n) is 11.9. The molecule has 0 radical (unpaired) electrons. The monoisotopic (exact) mass is 516 g/mol. The lowest BCUT2D eigenvalue weighted by atomic mass is 9.85. The van der Waals surface area contributed by atoms with Crippen molar-refractivity contribution >= 4 is 46.0 Å². The van der Waals surface area contributed by atoms with Gasteiger partial charge in [0.2, 0.25) is 23.6 Å². The smallest absolute Gasteiger partial charge is 0.238 e. The Hall–Kier alpha value is -4.33. The van der Waals surface area contributed by atoms with E-state index in [-0.39, 0.29) is 71.0 Å². The molecule has 3 heterocycles. The Morgan fingerprint density at radius 2 is 1.08 bits per heavy atom. The van der Waals surface area contributed by atoms with Crippen LogP contribution in [0.3, 0.4) is 0 Å². The zero-order valence-corrected chi connectivity index (χ0v) is 20.9. The number of H-pyrrole nitrogens is 1. The molecule has 9 rings (SSSR count). The molecule has 4 fully saturated rings. The number of carbonyl (C=O) groups is 4. The summed E-state index contributed by atoms with van der Waals surface area (Å²) in [6.45, 7) is 0. The van der Waals surface area contributed by atoms with Crippen LogP contribution < -0.4 is 9.80 Å². The van der Waals surface area contributed by atoms with Crippen LogP contribution in [0.5, 0.6) is 0 Å². The molecule has 0 spiro atoms. The minimum absolute atomic E-state index is 0.0928. The molecule has 4 amide bonds. The van der Waals surface area contributed by atoms with Gasteiger partial charge in [-0.1, -0.05) is 24.3 Å². The third-order valence-corrected chi connectivity index (χ3v) is 10.1. The van der Waals surface area contributed by atoms with Crippen LogP contribution in [-0.4, -0.2) is 33.6 Å². The first-order chi connectivity index (χ1) is 19.0. The van der Waals surface area contributed by atoms with Gasteiger partial charge in [-0.15, -0.1) is 0 Å². The number of hydrogen-bond donors (Lipinski definition) is 1. The van der Waals surface area contributed by atoms with E-state index in [9.17, 15) is 19.2 Å². The van der Waals surface area contributed by atoms with E-state index < -0.39 is 0 Å². The lowest BCUT2D eigenvalue weighted by Crippen LogP contribution is -2.32. The van der Waals surface area contributed by atoms with Gasteiger partial charge in [-0.2, -0.15) is 0 Å². The quantitative estimate of drug-likeness (QED) is 0.421. The van der Waals surface area contributed by atoms with Gasteiger partial charge in [0.15, 0.2) is 0 Å². The van der Waals surface area contributed by atoms with Crippen LogP contribution in [0.25, 0.3) is 22.4 Å². The summed E-state index contributed by atoms with van der Waals surface area (Å²) in [5.41, 5.74) is 3.41. The highest BCUT2D eigenvalue weighted by molar-refractivity contribution is 6.24. The predicted octanol–water partition coefficient (Wildman–Crippen LogP) is 3.85. The van der Waals surface area contributed by atoms with Crippen LogP contribution in [0.15, 0.2) is 66.8 Å². The molecule has 39 heavy (non-hydrogen) atoms. The molecule has 8 atom stereocenters. The number of nitrogens with zero attached hydrogens (tertiary/aromatic N) is 3. The molecule has 1 aromatic heterocycles. The zero-order chi connectivity index (χ0) is 26.2. The van der Waals surface area contributed by atoms with Crippen molar-refractivity contribution in [2.75, 3.05) is 9.80 Å². The number of imidazole rings is 1. The highest BCUT2D eigenvalue weighted by Crippen LogP contribution is 2.54. The standard InChI is InChI=1S/C31H24N4O4/c36-28-23-15-1-2-16(11-15)24(23)29(37)34(28)19-7-5-14(6-8-19)27-32-21-10-9-20(13-22(21)33-27)35-30(38)25-17-3-4-18(12-17)26(25)31(35)39/h1-10,13,15-18,23-26H,11-12H2,(H,32,33)/t15-,16-,17-,18+,23-,24+,25-,26-/m0/s1. The van der Waals surface area contributed by atoms with Gasteiger partial charge in [0.05, 0.1) is 46.1 Å². The van der Waals surface area contributed by atoms with E-state index >= 15 is 0 Å². The Balaban J connectivity index is 0.997. The Kier molecular flexibility index (Phi) is 3.98. The Bertz CT molecular complexity index is 1660. The number of amides is 4. The maximum absolute atomic E-state index is 13.2. The third-order valence-electron chi connectivity index (χ3n) is 10.1. The van der Waals surface area contributed by atoms with E-state index in [0.717, 1.165) is 29.4 Å². The van der Waals surface area contributed by atoms with Gasteiger partial charge in [-0.05, 0) is 79.0 Å². The molecular formula is C31H24N4O4. The Labute approximate surface area is 223 Å². The summed E-state index contributed by atoms with van der Waals surface area (Å²) in [5.74, 6) is 0.0185. The molecule has 8 nitrogen and oxygen atoms in total. The van der Waals surface area contributed by atoms with Crippen LogP contribution in [0, 0.1) is 47.3 Å². The van der Waals surface area contributed by atoms with Crippen LogP contribution in [-0.2, 0) is 19.2 Å². The van der Waals surface area contributed by atoms with Gasteiger partial charge in [0.1, 0.15) is 5.82 Å². The number of imide groups is 2. The highest BCUT2D eigenvalue weighted by Gasteiger charge is 2.60. The maximum Gasteiger partial charge on any atom is 0.238 e. The van der Waals surface area contributed by atoms with Crippen molar-refractivity contribution in [3.05, 3.63) is 66.8 Å². The minimum atomic E-state index is -0.237. The van der Waals surface area contributed by atoms with E-state index in [1.165, 1.54) is 9.80 Å². The largest absolute Gasteiger partial charge is 0.338 e. The fourth-order valence-electron chi connectivity index (χ4n) is 8.36. The van der Waals surface area contributed by atoms with Crippen molar-refractivity contribution in [2.45, 2.75) is 12.8 Å². The summed E-state index contributed by atoms with van der Waals surface area (Å²) in [5, 5.41) is 0. The molecule has 192 valence electrons. The number of aromatic nitrogens is 2. The molecule has 6 aliphatic rings. The van der Waals surface area contributed by atoms with Crippen molar-refractivity contribution in [1.82, 2.24) is 9.97 Å². The van der Waals surface area contributed by atoms with Gasteiger partial charge in [0, 0.05) is 5.56 Å². The molecule has 2 aliphatic heterocycles. The lowest BCUT2D eigenvalue weighted by molar-refractivity contribution is -0.124. The van der Waals surface area contributed by atoms with Crippen molar-refractivity contribution in [3.8, 4) is 11.4 Å². The fourth-order valence-corrected chi connectivity index (χ4v) is 8.36. The Morgan fingerprint density at radius 1 is 0.615 bits per heavy atom. The summed E-state index contributed by atoms with van der Waals surface area (Å²) in [6, 6.07) is 12.7. The molecule has 2 saturated carbocycles. The average molecular weight is 517 g/mol. The van der Waals surface area contributed by atoms with Gasteiger partial charge in [0.25, 0.3) is 0 Å². The first-order valence-corrected chi connectivity index (χ1v) is 13.7. The predicted molar refractivity (Wildman–Crippen MR) is 142 cm³/mol. The second kappa shape index (κ2) is 7.20. The number of carbonyl (C=O) groups excluding carboxylic acids is 4. The summed E-state index contributed by atoms with van der Waals surface area (Å²) in [7, 11) is 0. The lowest BCUT2D eigenvalue weighted by Gasteiger charge is -2.17. The summed E-state index contributed by atoms with van der Waals surface area (Å²) in [4.78, 5) is 63.5. The molecule has 0 unspecified atom stereocenters. The van der Waals surface area contributed by atoms with E-state index in [4.69, 9.17) is 4.98 Å². The molecule has 3 aromatic rings. The highest BCUT2D eigenvalue weighted by atomic mass is 16.2. The van der Waals surface area contributed by atoms with E-state index in [1.807, 2.05) is 24.3 Å². The maximum atomic E-state index is 13.2. The zero-order valence-electron chi connectivity index (χ0n) is 20.9. The summed E-state index contributed by atoms with van der Waals surface area (Å²) in [6.07, 6.45) is 10.2. The van der Waals surface area contributed by atoms with Gasteiger partial charge in [-0.3, -0.25) is 24.1 Å². The molecular weight excluding hydrogens is 492 g/mol. The normalized spacial score (nSPS) is 35.4. The van der Waals surface area contributed by atoms with Crippen molar-refractivity contribution in [1.29, 1.82) is 0 Å². The van der Waals surface area contributed by atoms with Gasteiger partial charge >= 0.3 is 0 Å². The molecule has 2 saturated heterocycles. The van der Waals surface area contributed by atoms with Crippen LogP contribution >= 0.6 is 0 Å². The van der Waals surface area contributed by atoms with Crippen LogP contribution in [0.1, 0.15) is 12.8 Å². The third kappa shape index (κ3) is 2.66. The number of benzene rings is 2. The van der Waals surface area contributed by atoms with Crippen molar-refractivity contribution in [3.63, 3.8) is 0 Å². The number of fused-ring (bicyclic) bond motifs is 11. The fraction of sp³-hybridized carbons (Fsp3) is 0.323. The van der Waals surface area contributed by atoms with E-state index in [1.54, 1.807) is 18.2 Å². The van der Waals surface area contributed by atoms with Crippen LogP contribution in [0.2, 0.25) is 0 Å². The number of rotatable bonds is 3. The van der Waals surface area contributed by atoms with Gasteiger partial charge in [-0.25, -0.2) is 9.88 Å². The number of allylic oxidation sites excluding steroid dienone is 4. The molecule has 1 N–H and O–H groups in total.